The molecule has 0 radical (unpaired) electrons. The molecule has 0 unspecified atom stereocenters. The smallest absolute Gasteiger partial charge is 0.261 e. The van der Waals surface area contributed by atoms with E-state index in [4.69, 9.17) is 8.85 Å². The van der Waals surface area contributed by atoms with Gasteiger partial charge in [0.2, 0.25) is 0 Å². The van der Waals surface area contributed by atoms with E-state index in [1.165, 1.54) is 10.4 Å². The minimum absolute atomic E-state index is 0.0870. The highest BCUT2D eigenvalue weighted by atomic mass is 28.4. The van der Waals surface area contributed by atoms with E-state index in [9.17, 15) is 5.11 Å². The van der Waals surface area contributed by atoms with Crippen molar-refractivity contribution in [3.05, 3.63) is 60.7 Å². The van der Waals surface area contributed by atoms with Crippen LogP contribution in [0.2, 0.25) is 23.2 Å². The minimum Gasteiger partial charge on any atom is -0.414 e. The molecule has 0 aromatic heterocycles. The molecular formula is C26H42O3Si2. The number of hydrogen-bond donors (Lipinski definition) is 1. The molecule has 3 nitrogen and oxygen atoms in total. The van der Waals surface area contributed by atoms with Crippen molar-refractivity contribution < 1.29 is 14.0 Å². The van der Waals surface area contributed by atoms with E-state index in [1.54, 1.807) is 0 Å². The third-order valence-corrected chi connectivity index (χ3v) is 16.2. The summed E-state index contributed by atoms with van der Waals surface area (Å²) in [6.45, 7) is 18.7. The highest BCUT2D eigenvalue weighted by Crippen LogP contribution is 2.39. The van der Waals surface area contributed by atoms with Crippen LogP contribution in [-0.4, -0.2) is 41.1 Å². The van der Waals surface area contributed by atoms with Gasteiger partial charge in [-0.3, -0.25) is 0 Å². The van der Waals surface area contributed by atoms with Crippen LogP contribution in [0.3, 0.4) is 0 Å². The Hall–Kier alpha value is -1.25. The van der Waals surface area contributed by atoms with Crippen molar-refractivity contribution in [1.29, 1.82) is 0 Å². The van der Waals surface area contributed by atoms with Gasteiger partial charge in [0.1, 0.15) is 0 Å². The number of hydrogen-bond acceptors (Lipinski definition) is 3. The van der Waals surface area contributed by atoms with Crippen molar-refractivity contribution in [1.82, 2.24) is 0 Å². The van der Waals surface area contributed by atoms with Crippen molar-refractivity contribution in [3.8, 4) is 0 Å². The van der Waals surface area contributed by atoms with Gasteiger partial charge in [0.15, 0.2) is 8.32 Å². The molecule has 172 valence electrons. The Bertz CT molecular complexity index is 753. The average Bonchev–Trinajstić information content (AvgIpc) is 2.69. The lowest BCUT2D eigenvalue weighted by molar-refractivity contribution is 0.0870. The van der Waals surface area contributed by atoms with Crippen LogP contribution >= 0.6 is 0 Å². The summed E-state index contributed by atoms with van der Waals surface area (Å²) in [5.74, 6) is 0. The maximum atomic E-state index is 9.86. The highest BCUT2D eigenvalue weighted by Gasteiger charge is 2.51. The van der Waals surface area contributed by atoms with Crippen LogP contribution in [0.15, 0.2) is 60.7 Å². The fraction of sp³-hybridized carbons (Fsp3) is 0.538. The van der Waals surface area contributed by atoms with Gasteiger partial charge in [0, 0.05) is 6.61 Å². The molecule has 0 aliphatic heterocycles. The lowest BCUT2D eigenvalue weighted by Gasteiger charge is -2.46. The van der Waals surface area contributed by atoms with E-state index in [1.807, 2.05) is 0 Å². The Kier molecular flexibility index (Phi) is 8.50. The molecule has 2 rings (SSSR count). The molecular weight excluding hydrogens is 416 g/mol. The molecule has 0 aliphatic rings. The summed E-state index contributed by atoms with van der Waals surface area (Å²) >= 11 is 0. The van der Waals surface area contributed by atoms with E-state index in [0.717, 1.165) is 0 Å². The Morgan fingerprint density at radius 1 is 0.774 bits per heavy atom. The topological polar surface area (TPSA) is 38.7 Å². The van der Waals surface area contributed by atoms with Crippen LogP contribution in [0.1, 0.15) is 48.0 Å². The monoisotopic (exact) mass is 458 g/mol. The van der Waals surface area contributed by atoms with E-state index in [2.05, 4.69) is 115 Å². The fourth-order valence-corrected chi connectivity index (χ4v) is 9.52. The Balaban J connectivity index is 2.52. The van der Waals surface area contributed by atoms with Crippen LogP contribution in [0, 0.1) is 0 Å². The molecule has 0 heterocycles. The normalized spacial score (nSPS) is 14.5. The van der Waals surface area contributed by atoms with Gasteiger partial charge in [-0.2, -0.15) is 0 Å². The zero-order valence-corrected chi connectivity index (χ0v) is 22.7. The predicted molar refractivity (Wildman–Crippen MR) is 137 cm³/mol. The summed E-state index contributed by atoms with van der Waals surface area (Å²) in [7, 11) is -4.59. The summed E-state index contributed by atoms with van der Waals surface area (Å²) in [4.78, 5) is 0. The lowest BCUT2D eigenvalue weighted by atomic mass is 10.2. The third kappa shape index (κ3) is 5.96. The van der Waals surface area contributed by atoms with Gasteiger partial charge >= 0.3 is 0 Å². The second kappa shape index (κ2) is 10.1. The zero-order chi connectivity index (χ0) is 23.3. The highest BCUT2D eigenvalue weighted by molar-refractivity contribution is 6.99. The molecule has 2 aromatic rings. The van der Waals surface area contributed by atoms with Crippen LogP contribution in [-0.2, 0) is 8.85 Å². The largest absolute Gasteiger partial charge is 0.414 e. The Morgan fingerprint density at radius 2 is 1.23 bits per heavy atom. The molecule has 31 heavy (non-hydrogen) atoms. The van der Waals surface area contributed by atoms with E-state index >= 15 is 0 Å². The third-order valence-electron chi connectivity index (χ3n) is 6.65. The molecule has 0 amide bonds. The first kappa shape index (κ1) is 26.0. The molecule has 0 saturated heterocycles. The Morgan fingerprint density at radius 3 is 1.58 bits per heavy atom. The quantitative estimate of drug-likeness (QED) is 0.516. The number of rotatable bonds is 9. The average molecular weight is 459 g/mol. The molecule has 0 aliphatic carbocycles. The summed E-state index contributed by atoms with van der Waals surface area (Å²) in [5, 5.41) is 12.4. The van der Waals surface area contributed by atoms with Gasteiger partial charge in [-0.05, 0) is 40.0 Å². The van der Waals surface area contributed by atoms with Crippen LogP contribution in [0.25, 0.3) is 0 Å². The van der Waals surface area contributed by atoms with E-state index in [-0.39, 0.29) is 22.8 Å². The molecule has 0 spiro atoms. The molecule has 5 heteroatoms. The first-order valence-corrected chi connectivity index (χ1v) is 16.2. The predicted octanol–water partition coefficient (Wildman–Crippen LogP) is 5.34. The van der Waals surface area contributed by atoms with E-state index < -0.39 is 16.6 Å². The van der Waals surface area contributed by atoms with Crippen molar-refractivity contribution in [3.63, 3.8) is 0 Å². The van der Waals surface area contributed by atoms with Crippen LogP contribution in [0.4, 0.5) is 0 Å². The molecule has 0 saturated carbocycles. The summed E-state index contributed by atoms with van der Waals surface area (Å²) in [5.41, 5.74) is 0. The second-order valence-corrected chi connectivity index (χ2v) is 20.0. The number of aliphatic hydroxyl groups excluding tert-OH is 1. The molecule has 0 fully saturated rings. The zero-order valence-electron chi connectivity index (χ0n) is 20.7. The van der Waals surface area contributed by atoms with Crippen LogP contribution < -0.4 is 10.4 Å². The molecule has 0 bridgehead atoms. The van der Waals surface area contributed by atoms with E-state index in [0.29, 0.717) is 13.0 Å². The van der Waals surface area contributed by atoms with Gasteiger partial charge in [-0.15, -0.1) is 0 Å². The van der Waals surface area contributed by atoms with Gasteiger partial charge in [0.05, 0.1) is 12.7 Å². The molecule has 1 N–H and O–H groups in total. The standard InChI is InChI=1S/C26H42O3Si2/c1-25(2,3)30(7,8)28-21-22(19-20-27)29-31(26(4,5)6,23-15-11-9-12-16-23)24-17-13-10-14-18-24/h9-18,22,27H,19-21H2,1-8H3/t22-/m1/s1. The number of benzene rings is 2. The number of aliphatic hydroxyl groups is 1. The van der Waals surface area contributed by atoms with Crippen molar-refractivity contribution in [2.75, 3.05) is 13.2 Å². The summed E-state index contributed by atoms with van der Waals surface area (Å²) in [6.07, 6.45) is 0.407. The fourth-order valence-electron chi connectivity index (χ4n) is 3.78. The second-order valence-electron chi connectivity index (χ2n) is 11.0. The first-order chi connectivity index (χ1) is 14.3. The summed E-state index contributed by atoms with van der Waals surface area (Å²) < 4.78 is 13.8. The lowest BCUT2D eigenvalue weighted by Crippen LogP contribution is -2.68. The Labute approximate surface area is 192 Å². The van der Waals surface area contributed by atoms with Gasteiger partial charge in [-0.25, -0.2) is 0 Å². The SMILES string of the molecule is CC(C)(C)[Si](C)(C)OC[C@@H](CCO)O[Si](c1ccccc1)(c1ccccc1)C(C)(C)C. The van der Waals surface area contributed by atoms with Gasteiger partial charge in [-0.1, -0.05) is 102 Å². The molecule has 1 atom stereocenters. The van der Waals surface area contributed by atoms with Crippen molar-refractivity contribution in [2.45, 2.75) is 77.2 Å². The van der Waals surface area contributed by atoms with Gasteiger partial charge in [0.25, 0.3) is 8.32 Å². The first-order valence-electron chi connectivity index (χ1n) is 11.4. The maximum absolute atomic E-state index is 9.86. The maximum Gasteiger partial charge on any atom is 0.261 e. The van der Waals surface area contributed by atoms with Crippen molar-refractivity contribution in [2.24, 2.45) is 0 Å². The molecule has 2 aromatic carbocycles. The van der Waals surface area contributed by atoms with Crippen LogP contribution in [0.5, 0.6) is 0 Å². The minimum atomic E-state index is -2.67. The summed E-state index contributed by atoms with van der Waals surface area (Å²) in [6, 6.07) is 21.3. The van der Waals surface area contributed by atoms with Gasteiger partial charge < -0.3 is 14.0 Å². The van der Waals surface area contributed by atoms with Crippen molar-refractivity contribution >= 4 is 27.0 Å².